The lowest BCUT2D eigenvalue weighted by Gasteiger charge is -2.35. The number of benzene rings is 2. The fourth-order valence-electron chi connectivity index (χ4n) is 8.92. The fourth-order valence-corrected chi connectivity index (χ4v) is 8.92. The van der Waals surface area contributed by atoms with E-state index in [0.29, 0.717) is 11.8 Å². The van der Waals surface area contributed by atoms with Gasteiger partial charge in [-0.15, -0.1) is 0 Å². The summed E-state index contributed by atoms with van der Waals surface area (Å²) in [6.07, 6.45) is 13.5. The number of pyridine rings is 2. The lowest BCUT2D eigenvalue weighted by atomic mass is 9.66. The highest BCUT2D eigenvalue weighted by atomic mass is 15.1. The molecule has 0 bridgehead atoms. The van der Waals surface area contributed by atoms with Crippen LogP contribution in [0.2, 0.25) is 0 Å². The first-order valence-electron chi connectivity index (χ1n) is 16.9. The Bertz CT molecular complexity index is 1850. The van der Waals surface area contributed by atoms with Crippen molar-refractivity contribution < 1.29 is 4.57 Å². The van der Waals surface area contributed by atoms with Gasteiger partial charge in [-0.1, -0.05) is 98.2 Å². The van der Waals surface area contributed by atoms with Crippen molar-refractivity contribution >= 4 is 21.7 Å². The Hall–Kier alpha value is -3.26. The number of rotatable bonds is 6. The summed E-state index contributed by atoms with van der Waals surface area (Å²) in [5.74, 6) is 1.18. The van der Waals surface area contributed by atoms with E-state index in [2.05, 4.69) is 128 Å². The number of hydrogen-bond donors (Lipinski definition) is 0. The molecule has 0 radical (unpaired) electrons. The quantitative estimate of drug-likeness (QED) is 0.211. The van der Waals surface area contributed by atoms with Crippen LogP contribution < -0.4 is 4.57 Å². The minimum absolute atomic E-state index is 0.0241. The van der Waals surface area contributed by atoms with Gasteiger partial charge in [-0.05, 0) is 83.2 Å². The van der Waals surface area contributed by atoms with Crippen molar-refractivity contribution in [2.75, 3.05) is 0 Å². The third-order valence-electron chi connectivity index (χ3n) is 11.4. The van der Waals surface area contributed by atoms with Gasteiger partial charge in [-0.2, -0.15) is 4.57 Å². The molecular formula is C41H49N2+. The van der Waals surface area contributed by atoms with Gasteiger partial charge in [0.1, 0.15) is 0 Å². The molecule has 3 heterocycles. The van der Waals surface area contributed by atoms with Crippen LogP contribution in [0.5, 0.6) is 0 Å². The Labute approximate surface area is 258 Å². The molecule has 2 aromatic heterocycles. The van der Waals surface area contributed by atoms with Gasteiger partial charge in [0.05, 0.1) is 16.5 Å². The Morgan fingerprint density at radius 3 is 2.26 bits per heavy atom. The number of allylic oxidation sites excluding steroid dienone is 4. The van der Waals surface area contributed by atoms with Gasteiger partial charge >= 0.3 is 0 Å². The van der Waals surface area contributed by atoms with E-state index < -0.39 is 0 Å². The monoisotopic (exact) mass is 569 g/mol. The molecule has 1 atom stereocenters. The average Bonchev–Trinajstić information content (AvgIpc) is 3.23. The summed E-state index contributed by atoms with van der Waals surface area (Å²) >= 11 is 0. The largest absolute Gasteiger partial charge is 0.252 e. The topological polar surface area (TPSA) is 16.8 Å². The van der Waals surface area contributed by atoms with Gasteiger partial charge in [-0.25, -0.2) is 0 Å². The van der Waals surface area contributed by atoms with E-state index in [4.69, 9.17) is 4.98 Å². The Morgan fingerprint density at radius 1 is 0.884 bits per heavy atom. The maximum absolute atomic E-state index is 5.35. The molecule has 0 N–H and O–H groups in total. The van der Waals surface area contributed by atoms with Gasteiger partial charge in [-0.3, -0.25) is 4.98 Å². The number of fused-ring (bicyclic) bond motifs is 4. The van der Waals surface area contributed by atoms with Crippen LogP contribution >= 0.6 is 0 Å². The molecule has 2 heteroatoms. The van der Waals surface area contributed by atoms with E-state index >= 15 is 0 Å². The Kier molecular flexibility index (Phi) is 6.38. The predicted octanol–water partition coefficient (Wildman–Crippen LogP) is 10.5. The summed E-state index contributed by atoms with van der Waals surface area (Å²) < 4.78 is 2.69. The molecule has 2 aromatic carbocycles. The standard InChI is InChI=1S/C41H49N2/c1-10-25(11-2)28-20-29(26(12-3)13-4)24-41(23-28)32-21-27-16-14-15-17-30(27)37-36(32)38-35-31(40(37,8)9)22-34(39(5,6)7)42-33(35)18-19-43(38)41/h14-23,25-26H,10-13,24H2,1-9H3/q+1. The molecule has 4 aromatic rings. The second-order valence-corrected chi connectivity index (χ2v) is 15.1. The molecular weight excluding hydrogens is 520 g/mol. The van der Waals surface area contributed by atoms with Crippen LogP contribution in [0.1, 0.15) is 117 Å². The summed E-state index contributed by atoms with van der Waals surface area (Å²) in [6.45, 7) is 21.3. The molecule has 2 nitrogen and oxygen atoms in total. The summed E-state index contributed by atoms with van der Waals surface area (Å²) in [5, 5.41) is 4.11. The molecule has 0 saturated carbocycles. The Morgan fingerprint density at radius 2 is 1.58 bits per heavy atom. The van der Waals surface area contributed by atoms with Gasteiger partial charge < -0.3 is 0 Å². The van der Waals surface area contributed by atoms with E-state index in [1.54, 1.807) is 11.1 Å². The van der Waals surface area contributed by atoms with Crippen molar-refractivity contribution in [3.05, 3.63) is 94.3 Å². The van der Waals surface area contributed by atoms with Crippen molar-refractivity contribution in [3.8, 4) is 11.3 Å². The highest BCUT2D eigenvalue weighted by Crippen LogP contribution is 2.58. The highest BCUT2D eigenvalue weighted by Gasteiger charge is 2.57. The van der Waals surface area contributed by atoms with Crippen LogP contribution in [-0.4, -0.2) is 4.98 Å². The summed E-state index contributed by atoms with van der Waals surface area (Å²) in [5.41, 5.74) is 12.3. The lowest BCUT2D eigenvalue weighted by molar-refractivity contribution is -0.726. The number of nitrogens with zero attached hydrogens (tertiary/aromatic N) is 2. The molecule has 222 valence electrons. The zero-order valence-electron chi connectivity index (χ0n) is 27.9. The van der Waals surface area contributed by atoms with Crippen molar-refractivity contribution in [1.29, 1.82) is 0 Å². The van der Waals surface area contributed by atoms with Gasteiger partial charge in [0.25, 0.3) is 0 Å². The van der Waals surface area contributed by atoms with E-state index in [9.17, 15) is 0 Å². The minimum Gasteiger partial charge on any atom is -0.252 e. The fraction of sp³-hybridized carbons (Fsp3) is 0.463. The molecule has 0 saturated heterocycles. The smallest absolute Gasteiger partial charge is 0.224 e. The van der Waals surface area contributed by atoms with Crippen LogP contribution in [0.25, 0.3) is 32.9 Å². The molecule has 7 rings (SSSR count). The first-order valence-corrected chi connectivity index (χ1v) is 16.9. The first kappa shape index (κ1) is 28.5. The molecule has 0 fully saturated rings. The summed E-state index contributed by atoms with van der Waals surface area (Å²) in [6, 6.07) is 16.5. The molecule has 1 unspecified atom stereocenters. The minimum atomic E-state index is -0.234. The summed E-state index contributed by atoms with van der Waals surface area (Å²) in [4.78, 5) is 5.35. The second-order valence-electron chi connectivity index (χ2n) is 15.1. The van der Waals surface area contributed by atoms with E-state index in [0.717, 1.165) is 11.9 Å². The van der Waals surface area contributed by atoms with Crippen molar-refractivity contribution in [3.63, 3.8) is 0 Å². The van der Waals surface area contributed by atoms with Crippen molar-refractivity contribution in [2.24, 2.45) is 11.8 Å². The van der Waals surface area contributed by atoms with Crippen molar-refractivity contribution in [1.82, 2.24) is 4.98 Å². The maximum Gasteiger partial charge on any atom is 0.224 e. The normalized spacial score (nSPS) is 20.1. The molecule has 43 heavy (non-hydrogen) atoms. The van der Waals surface area contributed by atoms with E-state index in [1.165, 1.54) is 75.5 Å². The van der Waals surface area contributed by atoms with Crippen LogP contribution in [-0.2, 0) is 16.4 Å². The van der Waals surface area contributed by atoms with E-state index in [-0.39, 0.29) is 16.4 Å². The third kappa shape index (κ3) is 3.84. The van der Waals surface area contributed by atoms with Crippen molar-refractivity contribution in [2.45, 2.75) is 111 Å². The molecule has 0 amide bonds. The molecule has 2 aliphatic carbocycles. The zero-order valence-corrected chi connectivity index (χ0v) is 27.9. The number of aromatic nitrogens is 2. The average molecular weight is 570 g/mol. The maximum atomic E-state index is 5.35. The number of hydrogen-bond acceptors (Lipinski definition) is 1. The second kappa shape index (κ2) is 9.62. The Balaban J connectivity index is 1.66. The lowest BCUT2D eigenvalue weighted by Crippen LogP contribution is -2.55. The van der Waals surface area contributed by atoms with Crippen LogP contribution in [0, 0.1) is 11.8 Å². The van der Waals surface area contributed by atoms with Crippen LogP contribution in [0.15, 0.2) is 72.0 Å². The van der Waals surface area contributed by atoms with E-state index in [1.807, 2.05) is 0 Å². The highest BCUT2D eigenvalue weighted by molar-refractivity contribution is 6.06. The van der Waals surface area contributed by atoms with Crippen LogP contribution in [0.4, 0.5) is 0 Å². The third-order valence-corrected chi connectivity index (χ3v) is 11.4. The zero-order chi connectivity index (χ0) is 30.5. The predicted molar refractivity (Wildman–Crippen MR) is 182 cm³/mol. The van der Waals surface area contributed by atoms with Gasteiger partial charge in [0.15, 0.2) is 6.20 Å². The molecule has 1 aliphatic heterocycles. The molecule has 1 spiro atoms. The first-order chi connectivity index (χ1) is 20.5. The summed E-state index contributed by atoms with van der Waals surface area (Å²) in [7, 11) is 0. The SMILES string of the molecule is CCC(CC)C1=CC2(CC(C(CC)CC)=C1)c1cc3ccccc3c3c1-c1c4c(cc(C(C)(C)C)nc4cc[n+]12)C3(C)C. The molecule has 3 aliphatic rings. The van der Waals surface area contributed by atoms with Gasteiger partial charge in [0, 0.05) is 34.6 Å². The van der Waals surface area contributed by atoms with Crippen LogP contribution in [0.3, 0.4) is 0 Å². The van der Waals surface area contributed by atoms with Gasteiger partial charge in [0.2, 0.25) is 11.2 Å².